The number of halogens is 2. The fourth-order valence-electron chi connectivity index (χ4n) is 1.86. The van der Waals surface area contributed by atoms with Gasteiger partial charge in [0, 0.05) is 15.0 Å². The lowest BCUT2D eigenvalue weighted by Crippen LogP contribution is -2.22. The molecule has 1 amide bonds. The van der Waals surface area contributed by atoms with E-state index in [1.807, 2.05) is 43.3 Å². The van der Waals surface area contributed by atoms with Crippen molar-refractivity contribution in [2.75, 3.05) is 24.3 Å². The van der Waals surface area contributed by atoms with Gasteiger partial charge in [-0.25, -0.2) is 0 Å². The Hall–Kier alpha value is -1.53. The Morgan fingerprint density at radius 2 is 1.86 bits per heavy atom. The molecule has 0 heterocycles. The number of nitrogens with one attached hydrogen (secondary N) is 2. The summed E-state index contributed by atoms with van der Waals surface area (Å²) < 4.78 is 6.91. The molecular weight excluding hydrogens is 412 g/mol. The molecule has 4 nitrogen and oxygen atoms in total. The topological polar surface area (TPSA) is 50.4 Å². The van der Waals surface area contributed by atoms with Crippen LogP contribution in [0.4, 0.5) is 11.4 Å². The molecule has 0 saturated heterocycles. The number of anilines is 2. The van der Waals surface area contributed by atoms with Gasteiger partial charge in [0.05, 0.1) is 25.0 Å². The van der Waals surface area contributed by atoms with Crippen LogP contribution in [0.3, 0.4) is 0 Å². The maximum Gasteiger partial charge on any atom is 0.243 e. The van der Waals surface area contributed by atoms with E-state index in [0.717, 1.165) is 31.6 Å². The Bertz CT molecular complexity index is 690. The van der Waals surface area contributed by atoms with Gasteiger partial charge >= 0.3 is 0 Å². The summed E-state index contributed by atoms with van der Waals surface area (Å²) >= 11 is 6.88. The van der Waals surface area contributed by atoms with Crippen LogP contribution in [-0.2, 0) is 4.79 Å². The minimum atomic E-state index is -0.126. The highest BCUT2D eigenvalue weighted by atomic mass is 79.9. The molecule has 22 heavy (non-hydrogen) atoms. The van der Waals surface area contributed by atoms with Crippen molar-refractivity contribution in [3.05, 3.63) is 50.9 Å². The smallest absolute Gasteiger partial charge is 0.243 e. The van der Waals surface area contributed by atoms with Gasteiger partial charge in [-0.05, 0) is 68.6 Å². The van der Waals surface area contributed by atoms with Crippen LogP contribution in [0.2, 0.25) is 0 Å². The first kappa shape index (κ1) is 16.8. The number of ether oxygens (including phenoxy) is 1. The Balaban J connectivity index is 1.98. The van der Waals surface area contributed by atoms with Crippen LogP contribution in [0.15, 0.2) is 45.3 Å². The van der Waals surface area contributed by atoms with Gasteiger partial charge < -0.3 is 15.4 Å². The predicted molar refractivity (Wildman–Crippen MR) is 96.7 cm³/mol. The van der Waals surface area contributed by atoms with Gasteiger partial charge in [-0.15, -0.1) is 0 Å². The van der Waals surface area contributed by atoms with Gasteiger partial charge in [0.25, 0.3) is 0 Å². The molecule has 0 atom stereocenters. The number of methoxy groups -OCH3 is 1. The molecule has 0 unspecified atom stereocenters. The van der Waals surface area contributed by atoms with Gasteiger partial charge in [-0.1, -0.05) is 6.07 Å². The third-order valence-corrected chi connectivity index (χ3v) is 4.36. The highest BCUT2D eigenvalue weighted by molar-refractivity contribution is 9.11. The summed E-state index contributed by atoms with van der Waals surface area (Å²) in [6.45, 7) is 2.16. The predicted octanol–water partition coefficient (Wildman–Crippen LogP) is 4.58. The Morgan fingerprint density at radius 3 is 2.55 bits per heavy atom. The van der Waals surface area contributed by atoms with Crippen LogP contribution in [0, 0.1) is 6.92 Å². The van der Waals surface area contributed by atoms with Crippen molar-refractivity contribution in [2.45, 2.75) is 6.92 Å². The number of carbonyl (C=O) groups excluding carboxylic acids is 1. The normalized spacial score (nSPS) is 10.2. The molecule has 0 bridgehead atoms. The number of carbonyl (C=O) groups is 1. The largest absolute Gasteiger partial charge is 0.497 e. The second-order valence-electron chi connectivity index (χ2n) is 4.73. The van der Waals surface area contributed by atoms with Gasteiger partial charge in [0.1, 0.15) is 5.75 Å². The van der Waals surface area contributed by atoms with E-state index in [2.05, 4.69) is 42.5 Å². The quantitative estimate of drug-likeness (QED) is 0.734. The highest BCUT2D eigenvalue weighted by Gasteiger charge is 2.07. The highest BCUT2D eigenvalue weighted by Crippen LogP contribution is 2.27. The van der Waals surface area contributed by atoms with E-state index in [4.69, 9.17) is 4.74 Å². The molecule has 2 rings (SSSR count). The first-order valence-electron chi connectivity index (χ1n) is 6.63. The molecule has 2 N–H and O–H groups in total. The summed E-state index contributed by atoms with van der Waals surface area (Å²) in [4.78, 5) is 12.0. The second kappa shape index (κ2) is 7.65. The molecule has 0 spiro atoms. The maximum absolute atomic E-state index is 12.0. The van der Waals surface area contributed by atoms with Crippen molar-refractivity contribution >= 4 is 49.1 Å². The average Bonchev–Trinajstić information content (AvgIpc) is 2.49. The van der Waals surface area contributed by atoms with E-state index < -0.39 is 0 Å². The van der Waals surface area contributed by atoms with Crippen LogP contribution in [0.5, 0.6) is 5.75 Å². The van der Waals surface area contributed by atoms with Gasteiger partial charge in [0.15, 0.2) is 0 Å². The van der Waals surface area contributed by atoms with Crippen molar-refractivity contribution in [2.24, 2.45) is 0 Å². The number of amides is 1. The van der Waals surface area contributed by atoms with E-state index in [9.17, 15) is 4.79 Å². The average molecular weight is 428 g/mol. The molecule has 0 radical (unpaired) electrons. The maximum atomic E-state index is 12.0. The van der Waals surface area contributed by atoms with E-state index in [1.165, 1.54) is 0 Å². The minimum absolute atomic E-state index is 0.126. The van der Waals surface area contributed by atoms with Crippen LogP contribution in [0.1, 0.15) is 5.56 Å². The van der Waals surface area contributed by atoms with E-state index in [0.29, 0.717) is 0 Å². The molecule has 0 aliphatic rings. The lowest BCUT2D eigenvalue weighted by atomic mass is 10.2. The molecule has 0 aliphatic carbocycles. The first-order chi connectivity index (χ1) is 10.5. The number of aryl methyl sites for hydroxylation is 1. The SMILES string of the molecule is COc1ccc(Br)c(NCC(=O)Nc2ccc(C)cc2Br)c1. The number of hydrogen-bond acceptors (Lipinski definition) is 3. The molecule has 0 saturated carbocycles. The van der Waals surface area contributed by atoms with E-state index in [-0.39, 0.29) is 12.5 Å². The third kappa shape index (κ3) is 4.48. The molecular formula is C16H16Br2N2O2. The van der Waals surface area contributed by atoms with Crippen LogP contribution >= 0.6 is 31.9 Å². The van der Waals surface area contributed by atoms with Crippen molar-refractivity contribution < 1.29 is 9.53 Å². The zero-order chi connectivity index (χ0) is 16.1. The van der Waals surface area contributed by atoms with E-state index in [1.54, 1.807) is 7.11 Å². The summed E-state index contributed by atoms with van der Waals surface area (Å²) in [6, 6.07) is 11.3. The fourth-order valence-corrected chi connectivity index (χ4v) is 2.84. The lowest BCUT2D eigenvalue weighted by molar-refractivity contribution is -0.114. The summed E-state index contributed by atoms with van der Waals surface area (Å²) in [7, 11) is 1.61. The van der Waals surface area contributed by atoms with Crippen LogP contribution in [0.25, 0.3) is 0 Å². The van der Waals surface area contributed by atoms with Crippen molar-refractivity contribution in [3.63, 3.8) is 0 Å². The first-order valence-corrected chi connectivity index (χ1v) is 8.21. The summed E-state index contributed by atoms with van der Waals surface area (Å²) in [5.74, 6) is 0.603. The molecule has 0 aromatic heterocycles. The van der Waals surface area contributed by atoms with Crippen molar-refractivity contribution in [1.82, 2.24) is 0 Å². The van der Waals surface area contributed by atoms with Gasteiger partial charge in [0.2, 0.25) is 5.91 Å². The lowest BCUT2D eigenvalue weighted by Gasteiger charge is -2.11. The van der Waals surface area contributed by atoms with Gasteiger partial charge in [-0.3, -0.25) is 4.79 Å². The second-order valence-corrected chi connectivity index (χ2v) is 6.44. The van der Waals surface area contributed by atoms with Crippen LogP contribution < -0.4 is 15.4 Å². The number of hydrogen-bond donors (Lipinski definition) is 2. The molecule has 0 aliphatic heterocycles. The summed E-state index contributed by atoms with van der Waals surface area (Å²) in [6.07, 6.45) is 0. The Kier molecular flexibility index (Phi) is 5.85. The van der Waals surface area contributed by atoms with Crippen molar-refractivity contribution in [1.29, 1.82) is 0 Å². The Labute approximate surface area is 146 Å². The number of rotatable bonds is 5. The zero-order valence-electron chi connectivity index (χ0n) is 12.2. The van der Waals surface area contributed by atoms with Gasteiger partial charge in [-0.2, -0.15) is 0 Å². The third-order valence-electron chi connectivity index (χ3n) is 3.01. The monoisotopic (exact) mass is 426 g/mol. The Morgan fingerprint density at radius 1 is 1.09 bits per heavy atom. The molecule has 6 heteroatoms. The standard InChI is InChI=1S/C16H16Br2N2O2/c1-10-3-6-14(13(18)7-10)20-16(21)9-19-15-8-11(22-2)4-5-12(15)17/h3-8,19H,9H2,1-2H3,(H,20,21). The van der Waals surface area contributed by atoms with E-state index >= 15 is 0 Å². The summed E-state index contributed by atoms with van der Waals surface area (Å²) in [5, 5.41) is 5.95. The van der Waals surface area contributed by atoms with Crippen LogP contribution in [-0.4, -0.2) is 19.6 Å². The minimum Gasteiger partial charge on any atom is -0.497 e. The molecule has 2 aromatic carbocycles. The zero-order valence-corrected chi connectivity index (χ0v) is 15.4. The molecule has 0 fully saturated rings. The number of benzene rings is 2. The van der Waals surface area contributed by atoms with Crippen molar-refractivity contribution in [3.8, 4) is 5.75 Å². The fraction of sp³-hybridized carbons (Fsp3) is 0.188. The molecule has 116 valence electrons. The molecule has 2 aromatic rings. The summed E-state index contributed by atoms with van der Waals surface area (Å²) in [5.41, 5.74) is 2.68.